The summed E-state index contributed by atoms with van der Waals surface area (Å²) in [4.78, 5) is 12.9. The van der Waals surface area contributed by atoms with Gasteiger partial charge in [0.2, 0.25) is 0 Å². The molecule has 1 aromatic carbocycles. The van der Waals surface area contributed by atoms with Gasteiger partial charge >= 0.3 is 0 Å². The molecule has 0 unspecified atom stereocenters. The Balaban J connectivity index is 2.41. The summed E-state index contributed by atoms with van der Waals surface area (Å²) in [7, 11) is 1.51. The number of aromatic hydroxyl groups is 1. The number of hydrogen-bond acceptors (Lipinski definition) is 4. The predicted octanol–water partition coefficient (Wildman–Crippen LogP) is 0.721. The topological polar surface area (TPSA) is 59.0 Å². The molecule has 0 saturated carbocycles. The summed E-state index contributed by atoms with van der Waals surface area (Å²) in [6.45, 7) is 0.153. The minimum absolute atomic E-state index is 0.00113. The monoisotopic (exact) mass is 209 g/mol. The average Bonchev–Trinajstić information content (AvgIpc) is 2.23. The van der Waals surface area contributed by atoms with Crippen molar-refractivity contribution in [2.24, 2.45) is 0 Å². The summed E-state index contributed by atoms with van der Waals surface area (Å²) in [5.74, 6) is 0.479. The molecule has 1 aliphatic rings. The first-order valence-corrected chi connectivity index (χ1v) is 4.47. The Bertz CT molecular complexity index is 391. The van der Waals surface area contributed by atoms with Crippen LogP contribution in [0.25, 0.3) is 0 Å². The van der Waals surface area contributed by atoms with E-state index in [1.165, 1.54) is 24.1 Å². The molecule has 0 atom stereocenters. The van der Waals surface area contributed by atoms with E-state index in [1.54, 1.807) is 6.07 Å². The molecule has 1 aliphatic heterocycles. The third-order valence-corrected chi connectivity index (χ3v) is 2.14. The first kappa shape index (κ1) is 9.79. The summed E-state index contributed by atoms with van der Waals surface area (Å²) in [5, 5.41) is 9.33. The quantitative estimate of drug-likeness (QED) is 0.779. The first-order valence-electron chi connectivity index (χ1n) is 4.47. The maximum Gasteiger partial charge on any atom is 0.266 e. The lowest BCUT2D eigenvalue weighted by atomic mass is 10.2. The van der Waals surface area contributed by atoms with Crippen molar-refractivity contribution >= 4 is 11.6 Å². The molecule has 1 amide bonds. The van der Waals surface area contributed by atoms with Gasteiger partial charge in [-0.3, -0.25) is 9.69 Å². The molecule has 80 valence electrons. The molecule has 5 heteroatoms. The fraction of sp³-hybridized carbons (Fsp3) is 0.300. The predicted molar refractivity (Wildman–Crippen MR) is 53.0 cm³/mol. The Labute approximate surface area is 86.8 Å². The number of nitrogens with zero attached hydrogens (tertiary/aromatic N) is 1. The number of fused-ring (bicyclic) bond motifs is 1. The van der Waals surface area contributed by atoms with Crippen molar-refractivity contribution in [2.45, 2.75) is 0 Å². The molecular formula is C10H11NO4. The summed E-state index contributed by atoms with van der Waals surface area (Å²) >= 11 is 0. The third kappa shape index (κ3) is 1.73. The van der Waals surface area contributed by atoms with Gasteiger partial charge in [0.05, 0.1) is 5.69 Å². The molecule has 0 saturated heterocycles. The van der Waals surface area contributed by atoms with Crippen LogP contribution in [0, 0.1) is 0 Å². The number of phenolic OH excluding ortho intramolecular Hbond substituents is 1. The summed E-state index contributed by atoms with van der Waals surface area (Å²) in [5.41, 5.74) is 0.535. The van der Waals surface area contributed by atoms with Crippen molar-refractivity contribution in [3.8, 4) is 11.5 Å². The molecule has 0 bridgehead atoms. The van der Waals surface area contributed by atoms with Crippen LogP contribution in [-0.2, 0) is 9.53 Å². The number of ether oxygens (including phenoxy) is 2. The van der Waals surface area contributed by atoms with E-state index in [0.29, 0.717) is 11.4 Å². The molecule has 0 radical (unpaired) electrons. The highest BCUT2D eigenvalue weighted by Crippen LogP contribution is 2.34. The van der Waals surface area contributed by atoms with Gasteiger partial charge in [-0.1, -0.05) is 0 Å². The van der Waals surface area contributed by atoms with E-state index in [9.17, 15) is 9.90 Å². The SMILES string of the molecule is COCN1C(=O)COc2ccc(O)cc21. The smallest absolute Gasteiger partial charge is 0.266 e. The second-order valence-corrected chi connectivity index (χ2v) is 3.18. The second kappa shape index (κ2) is 3.78. The Morgan fingerprint density at radius 1 is 1.60 bits per heavy atom. The molecule has 0 aliphatic carbocycles. The third-order valence-electron chi connectivity index (χ3n) is 2.14. The van der Waals surface area contributed by atoms with Crippen molar-refractivity contribution in [3.63, 3.8) is 0 Å². The normalized spacial score (nSPS) is 14.7. The maximum atomic E-state index is 11.5. The number of rotatable bonds is 2. The van der Waals surface area contributed by atoms with Gasteiger partial charge in [-0.2, -0.15) is 0 Å². The summed E-state index contributed by atoms with van der Waals surface area (Å²) in [6.07, 6.45) is 0. The van der Waals surface area contributed by atoms with Crippen molar-refractivity contribution < 1.29 is 19.4 Å². The largest absolute Gasteiger partial charge is 0.508 e. The van der Waals surface area contributed by atoms with Crippen LogP contribution in [0.2, 0.25) is 0 Å². The first-order chi connectivity index (χ1) is 7.22. The number of amides is 1. The van der Waals surface area contributed by atoms with Gasteiger partial charge in [0.1, 0.15) is 18.2 Å². The van der Waals surface area contributed by atoms with Crippen molar-refractivity contribution in [1.82, 2.24) is 0 Å². The Hall–Kier alpha value is -1.75. The van der Waals surface area contributed by atoms with Crippen LogP contribution >= 0.6 is 0 Å². The van der Waals surface area contributed by atoms with Crippen molar-refractivity contribution in [1.29, 1.82) is 0 Å². The van der Waals surface area contributed by atoms with Crippen LogP contribution in [0.1, 0.15) is 0 Å². The van der Waals surface area contributed by atoms with E-state index in [0.717, 1.165) is 0 Å². The zero-order valence-corrected chi connectivity index (χ0v) is 8.27. The highest BCUT2D eigenvalue weighted by atomic mass is 16.5. The van der Waals surface area contributed by atoms with Crippen molar-refractivity contribution in [2.75, 3.05) is 25.3 Å². The lowest BCUT2D eigenvalue weighted by Crippen LogP contribution is -2.39. The number of methoxy groups -OCH3 is 1. The van der Waals surface area contributed by atoms with E-state index in [4.69, 9.17) is 9.47 Å². The van der Waals surface area contributed by atoms with Gasteiger partial charge in [-0.25, -0.2) is 0 Å². The molecule has 15 heavy (non-hydrogen) atoms. The molecule has 1 heterocycles. The zero-order chi connectivity index (χ0) is 10.8. The standard InChI is InChI=1S/C10H11NO4/c1-14-6-11-8-4-7(12)2-3-9(8)15-5-10(11)13/h2-4,12H,5-6H2,1H3. The highest BCUT2D eigenvalue weighted by Gasteiger charge is 2.25. The highest BCUT2D eigenvalue weighted by molar-refractivity contribution is 5.97. The summed E-state index contributed by atoms with van der Waals surface area (Å²) < 4.78 is 10.1. The van der Waals surface area contributed by atoms with E-state index in [-0.39, 0.29) is 25.0 Å². The molecule has 2 rings (SSSR count). The van der Waals surface area contributed by atoms with E-state index >= 15 is 0 Å². The Morgan fingerprint density at radius 2 is 2.40 bits per heavy atom. The molecular weight excluding hydrogens is 198 g/mol. The molecule has 1 N–H and O–H groups in total. The Morgan fingerprint density at radius 3 is 3.13 bits per heavy atom. The van der Waals surface area contributed by atoms with Crippen LogP contribution in [0.5, 0.6) is 11.5 Å². The Kier molecular flexibility index (Phi) is 2.47. The number of carbonyl (C=O) groups is 1. The molecule has 0 fully saturated rings. The maximum absolute atomic E-state index is 11.5. The van der Waals surface area contributed by atoms with Gasteiger partial charge in [-0.15, -0.1) is 0 Å². The minimum atomic E-state index is -0.185. The number of anilines is 1. The van der Waals surface area contributed by atoms with Crippen LogP contribution in [0.4, 0.5) is 5.69 Å². The van der Waals surface area contributed by atoms with Crippen LogP contribution in [-0.4, -0.2) is 31.5 Å². The number of carbonyl (C=O) groups excluding carboxylic acids is 1. The van der Waals surface area contributed by atoms with E-state index in [1.807, 2.05) is 0 Å². The van der Waals surface area contributed by atoms with Crippen LogP contribution < -0.4 is 9.64 Å². The fourth-order valence-electron chi connectivity index (χ4n) is 1.46. The second-order valence-electron chi connectivity index (χ2n) is 3.18. The molecule has 0 aromatic heterocycles. The molecule has 5 nitrogen and oxygen atoms in total. The number of benzene rings is 1. The average molecular weight is 209 g/mol. The van der Waals surface area contributed by atoms with Gasteiger partial charge in [0.15, 0.2) is 6.61 Å². The number of phenols is 1. The fourth-order valence-corrected chi connectivity index (χ4v) is 1.46. The van der Waals surface area contributed by atoms with Crippen LogP contribution in [0.15, 0.2) is 18.2 Å². The van der Waals surface area contributed by atoms with Crippen LogP contribution in [0.3, 0.4) is 0 Å². The van der Waals surface area contributed by atoms with Crippen molar-refractivity contribution in [3.05, 3.63) is 18.2 Å². The lowest BCUT2D eigenvalue weighted by Gasteiger charge is -2.28. The van der Waals surface area contributed by atoms with Gasteiger partial charge in [-0.05, 0) is 12.1 Å². The molecule has 1 aromatic rings. The zero-order valence-electron chi connectivity index (χ0n) is 8.27. The summed E-state index contributed by atoms with van der Waals surface area (Å²) in [6, 6.07) is 4.62. The van der Waals surface area contributed by atoms with E-state index < -0.39 is 0 Å². The van der Waals surface area contributed by atoms with Gasteiger partial charge < -0.3 is 14.6 Å². The molecule has 0 spiro atoms. The lowest BCUT2D eigenvalue weighted by molar-refractivity contribution is -0.122. The minimum Gasteiger partial charge on any atom is -0.508 e. The van der Waals surface area contributed by atoms with E-state index in [2.05, 4.69) is 0 Å². The number of hydrogen-bond donors (Lipinski definition) is 1. The van der Waals surface area contributed by atoms with Gasteiger partial charge in [0, 0.05) is 13.2 Å². The van der Waals surface area contributed by atoms with Gasteiger partial charge in [0.25, 0.3) is 5.91 Å².